The van der Waals surface area contributed by atoms with E-state index in [2.05, 4.69) is 16.6 Å². The van der Waals surface area contributed by atoms with Crippen molar-refractivity contribution in [3.8, 4) is 0 Å². The van der Waals surface area contributed by atoms with E-state index in [1.165, 1.54) is 6.20 Å². The largest absolute Gasteiger partial charge is 0.369 e. The molecule has 0 aliphatic rings. The molecular weight excluding hydrogens is 126 g/mol. The van der Waals surface area contributed by atoms with E-state index < -0.39 is 0 Å². The highest BCUT2D eigenvalue weighted by atomic mass is 15.1. The van der Waals surface area contributed by atoms with Crippen LogP contribution in [0.3, 0.4) is 0 Å². The van der Waals surface area contributed by atoms with Crippen molar-refractivity contribution in [3.05, 3.63) is 12.8 Å². The molecule has 0 aromatic heterocycles. The topological polar surface area (TPSA) is 28.0 Å². The van der Waals surface area contributed by atoms with Gasteiger partial charge in [0, 0.05) is 20.3 Å². The van der Waals surface area contributed by atoms with Gasteiger partial charge < -0.3 is 4.90 Å². The molecule has 0 aromatic carbocycles. The summed E-state index contributed by atoms with van der Waals surface area (Å²) in [5, 5.41) is 0. The van der Waals surface area contributed by atoms with Gasteiger partial charge in [0.15, 0.2) is 0 Å². The first-order valence-corrected chi connectivity index (χ1v) is 3.02. The van der Waals surface area contributed by atoms with Gasteiger partial charge in [-0.05, 0) is 6.92 Å². The first-order chi connectivity index (χ1) is 4.66. The van der Waals surface area contributed by atoms with Crippen molar-refractivity contribution in [1.82, 2.24) is 4.90 Å². The third-order valence-electron chi connectivity index (χ3n) is 0.754. The Morgan fingerprint density at radius 2 is 2.10 bits per heavy atom. The van der Waals surface area contributed by atoms with Crippen LogP contribution in [0.15, 0.2) is 22.8 Å². The minimum Gasteiger partial charge on any atom is -0.369 e. The molecule has 0 aliphatic heterocycles. The Labute approximate surface area is 61.8 Å². The molecule has 0 bridgehead atoms. The first kappa shape index (κ1) is 8.88. The molecule has 0 N–H and O–H groups in total. The molecular formula is C7H13N3. The zero-order valence-corrected chi connectivity index (χ0v) is 6.70. The summed E-state index contributed by atoms with van der Waals surface area (Å²) in [7, 11) is 3.81. The summed E-state index contributed by atoms with van der Waals surface area (Å²) in [6.45, 7) is 5.27. The lowest BCUT2D eigenvalue weighted by Crippen LogP contribution is -2.08. The summed E-state index contributed by atoms with van der Waals surface area (Å²) in [5.41, 5.74) is 0. The third-order valence-corrected chi connectivity index (χ3v) is 0.754. The maximum Gasteiger partial charge on any atom is 0.126 e. The molecule has 10 heavy (non-hydrogen) atoms. The number of hydrogen-bond acceptors (Lipinski definition) is 1. The van der Waals surface area contributed by atoms with E-state index in [0.29, 0.717) is 5.84 Å². The Bertz CT molecular complexity index is 156. The van der Waals surface area contributed by atoms with Crippen molar-refractivity contribution in [2.24, 2.45) is 9.98 Å². The number of aliphatic imine (C=N–C) groups is 2. The fourth-order valence-corrected chi connectivity index (χ4v) is 0.364. The van der Waals surface area contributed by atoms with Crippen LogP contribution in [0.2, 0.25) is 0 Å². The molecule has 3 heteroatoms. The molecule has 0 saturated carbocycles. The molecule has 56 valence electrons. The minimum atomic E-state index is 0.712. The fourth-order valence-electron chi connectivity index (χ4n) is 0.364. The Morgan fingerprint density at radius 3 is 2.50 bits per heavy atom. The highest BCUT2D eigenvalue weighted by molar-refractivity contribution is 5.87. The van der Waals surface area contributed by atoms with Crippen molar-refractivity contribution >= 4 is 12.2 Å². The van der Waals surface area contributed by atoms with Crippen molar-refractivity contribution in [2.75, 3.05) is 14.1 Å². The summed E-state index contributed by atoms with van der Waals surface area (Å²) >= 11 is 0. The van der Waals surface area contributed by atoms with E-state index in [9.17, 15) is 0 Å². The molecule has 0 aromatic rings. The normalized spacial score (nSPS) is 12.1. The van der Waals surface area contributed by atoms with E-state index in [0.717, 1.165) is 0 Å². The van der Waals surface area contributed by atoms with Crippen LogP contribution in [0.4, 0.5) is 0 Å². The maximum absolute atomic E-state index is 3.99. The summed E-state index contributed by atoms with van der Waals surface area (Å²) in [4.78, 5) is 9.69. The summed E-state index contributed by atoms with van der Waals surface area (Å²) in [6.07, 6.45) is 3.17. The van der Waals surface area contributed by atoms with Gasteiger partial charge in [0.25, 0.3) is 0 Å². The van der Waals surface area contributed by atoms with E-state index >= 15 is 0 Å². The third kappa shape index (κ3) is 5.03. The van der Waals surface area contributed by atoms with Gasteiger partial charge in [-0.2, -0.15) is 0 Å². The Hall–Kier alpha value is -1.12. The second kappa shape index (κ2) is 4.73. The number of hydrogen-bond donors (Lipinski definition) is 0. The van der Waals surface area contributed by atoms with E-state index in [1.807, 2.05) is 25.9 Å². The Kier molecular flexibility index (Phi) is 4.20. The monoisotopic (exact) mass is 139 g/mol. The average molecular weight is 139 g/mol. The molecule has 0 heterocycles. The Morgan fingerprint density at radius 1 is 1.50 bits per heavy atom. The van der Waals surface area contributed by atoms with Gasteiger partial charge in [-0.1, -0.05) is 6.58 Å². The minimum absolute atomic E-state index is 0.712. The van der Waals surface area contributed by atoms with Gasteiger partial charge in [0.05, 0.1) is 6.34 Å². The standard InChI is InChI=1S/C7H13N3/c1-5-8-7(2)9-6-10(3)4/h5-6H,1H2,2-4H3. The van der Waals surface area contributed by atoms with Crippen LogP contribution in [0, 0.1) is 0 Å². The van der Waals surface area contributed by atoms with E-state index in [1.54, 1.807) is 6.34 Å². The van der Waals surface area contributed by atoms with E-state index in [-0.39, 0.29) is 0 Å². The van der Waals surface area contributed by atoms with Crippen LogP contribution >= 0.6 is 0 Å². The highest BCUT2D eigenvalue weighted by Crippen LogP contribution is 1.79. The van der Waals surface area contributed by atoms with Gasteiger partial charge in [0.1, 0.15) is 5.84 Å². The molecule has 0 rings (SSSR count). The van der Waals surface area contributed by atoms with Crippen LogP contribution in [0.25, 0.3) is 0 Å². The second-order valence-electron chi connectivity index (χ2n) is 2.07. The Balaban J connectivity index is 3.88. The molecule has 0 spiro atoms. The molecule has 0 saturated heterocycles. The maximum atomic E-state index is 3.99. The lowest BCUT2D eigenvalue weighted by Gasteiger charge is -2.00. The van der Waals surface area contributed by atoms with Gasteiger partial charge in [0.2, 0.25) is 0 Å². The van der Waals surface area contributed by atoms with Crippen molar-refractivity contribution in [2.45, 2.75) is 6.92 Å². The van der Waals surface area contributed by atoms with E-state index in [4.69, 9.17) is 0 Å². The van der Waals surface area contributed by atoms with Crippen LogP contribution in [-0.2, 0) is 0 Å². The molecule has 0 radical (unpaired) electrons. The van der Waals surface area contributed by atoms with Crippen molar-refractivity contribution in [3.63, 3.8) is 0 Å². The van der Waals surface area contributed by atoms with Gasteiger partial charge in [-0.15, -0.1) is 0 Å². The summed E-state index contributed by atoms with van der Waals surface area (Å²) in [6, 6.07) is 0. The fraction of sp³-hybridized carbons (Fsp3) is 0.429. The van der Waals surface area contributed by atoms with Crippen molar-refractivity contribution < 1.29 is 0 Å². The number of amidine groups is 1. The van der Waals surface area contributed by atoms with Crippen LogP contribution in [-0.4, -0.2) is 31.2 Å². The smallest absolute Gasteiger partial charge is 0.126 e. The summed E-state index contributed by atoms with van der Waals surface area (Å²) in [5.74, 6) is 0.712. The molecule has 0 fully saturated rings. The van der Waals surface area contributed by atoms with Crippen molar-refractivity contribution in [1.29, 1.82) is 0 Å². The lowest BCUT2D eigenvalue weighted by molar-refractivity contribution is 0.644. The highest BCUT2D eigenvalue weighted by Gasteiger charge is 1.80. The zero-order chi connectivity index (χ0) is 7.98. The predicted octanol–water partition coefficient (Wildman–Crippen LogP) is 1.14. The number of nitrogens with zero attached hydrogens (tertiary/aromatic N) is 3. The summed E-state index contributed by atoms with van der Waals surface area (Å²) < 4.78 is 0. The SMILES string of the molecule is C=CN=C(C)N=CN(C)C. The second-order valence-corrected chi connectivity index (χ2v) is 2.07. The zero-order valence-electron chi connectivity index (χ0n) is 6.70. The molecule has 0 amide bonds. The molecule has 0 unspecified atom stereocenters. The molecule has 0 atom stereocenters. The molecule has 3 nitrogen and oxygen atoms in total. The van der Waals surface area contributed by atoms with Gasteiger partial charge in [-0.3, -0.25) is 0 Å². The molecule has 0 aliphatic carbocycles. The average Bonchev–Trinajstić information content (AvgIpc) is 1.85. The number of rotatable bonds is 2. The van der Waals surface area contributed by atoms with Gasteiger partial charge in [-0.25, -0.2) is 9.98 Å². The van der Waals surface area contributed by atoms with Crippen LogP contribution in [0.5, 0.6) is 0 Å². The van der Waals surface area contributed by atoms with Crippen LogP contribution in [0.1, 0.15) is 6.92 Å². The van der Waals surface area contributed by atoms with Crippen LogP contribution < -0.4 is 0 Å². The van der Waals surface area contributed by atoms with Gasteiger partial charge >= 0.3 is 0 Å². The quantitative estimate of drug-likeness (QED) is 0.416. The lowest BCUT2D eigenvalue weighted by atomic mass is 10.7. The predicted molar refractivity (Wildman–Crippen MR) is 45.5 cm³/mol. The first-order valence-electron chi connectivity index (χ1n) is 3.02.